The molecule has 0 heterocycles. The summed E-state index contributed by atoms with van der Waals surface area (Å²) in [5.74, 6) is -1.20. The fourth-order valence-corrected chi connectivity index (χ4v) is 2.84. The second-order valence-corrected chi connectivity index (χ2v) is 5.40. The molecule has 0 aromatic heterocycles. The van der Waals surface area contributed by atoms with Crippen molar-refractivity contribution in [1.29, 1.82) is 0 Å². The Hall–Kier alpha value is -1.63. The van der Waals surface area contributed by atoms with E-state index in [2.05, 4.69) is 21.2 Å². The lowest BCUT2D eigenvalue weighted by Gasteiger charge is -2.19. The standard InChI is InChI=1S/C12H13BrN2O4/c13-9-6-7(15(18)19)4-5-11(9)14-10-3-1-2-8(10)12(16)17/h4-6,8,10,14H,1-3H2,(H,16,17). The molecule has 1 aliphatic rings. The molecular weight excluding hydrogens is 316 g/mol. The van der Waals surface area contributed by atoms with Crippen molar-refractivity contribution in [3.63, 3.8) is 0 Å². The summed E-state index contributed by atoms with van der Waals surface area (Å²) in [4.78, 5) is 21.3. The van der Waals surface area contributed by atoms with Crippen molar-refractivity contribution in [2.45, 2.75) is 25.3 Å². The van der Waals surface area contributed by atoms with Crippen LogP contribution < -0.4 is 5.32 Å². The molecule has 0 amide bonds. The van der Waals surface area contributed by atoms with Gasteiger partial charge in [-0.15, -0.1) is 0 Å². The molecule has 2 atom stereocenters. The highest BCUT2D eigenvalue weighted by molar-refractivity contribution is 9.10. The van der Waals surface area contributed by atoms with Gasteiger partial charge in [0.2, 0.25) is 0 Å². The minimum absolute atomic E-state index is 0.00127. The maximum atomic E-state index is 11.1. The van der Waals surface area contributed by atoms with Gasteiger partial charge < -0.3 is 10.4 Å². The summed E-state index contributed by atoms with van der Waals surface area (Å²) in [5, 5.41) is 22.9. The van der Waals surface area contributed by atoms with Crippen LogP contribution in [0.4, 0.5) is 11.4 Å². The lowest BCUT2D eigenvalue weighted by atomic mass is 10.0. The third kappa shape index (κ3) is 3.04. The molecule has 2 unspecified atom stereocenters. The number of nitro groups is 1. The van der Waals surface area contributed by atoms with Crippen LogP contribution >= 0.6 is 15.9 Å². The number of hydrogen-bond acceptors (Lipinski definition) is 4. The maximum Gasteiger partial charge on any atom is 0.308 e. The van der Waals surface area contributed by atoms with E-state index in [9.17, 15) is 14.9 Å². The van der Waals surface area contributed by atoms with E-state index in [4.69, 9.17) is 5.11 Å². The fraction of sp³-hybridized carbons (Fsp3) is 0.417. The Balaban J connectivity index is 2.15. The van der Waals surface area contributed by atoms with Crippen LogP contribution in [0.1, 0.15) is 19.3 Å². The molecule has 1 saturated carbocycles. The number of halogens is 1. The first-order valence-electron chi connectivity index (χ1n) is 5.92. The molecule has 1 fully saturated rings. The van der Waals surface area contributed by atoms with Crippen LogP contribution in [0, 0.1) is 16.0 Å². The van der Waals surface area contributed by atoms with Crippen LogP contribution in [-0.2, 0) is 4.79 Å². The number of non-ortho nitro benzene ring substituents is 1. The van der Waals surface area contributed by atoms with Crippen LogP contribution in [0.2, 0.25) is 0 Å². The van der Waals surface area contributed by atoms with Crippen molar-refractivity contribution < 1.29 is 14.8 Å². The predicted molar refractivity (Wildman–Crippen MR) is 73.2 cm³/mol. The number of nitrogens with one attached hydrogen (secondary N) is 1. The molecule has 1 aromatic carbocycles. The molecule has 2 N–H and O–H groups in total. The van der Waals surface area contributed by atoms with E-state index < -0.39 is 16.8 Å². The molecule has 0 bridgehead atoms. The Labute approximate surface area is 118 Å². The number of carboxylic acid groups (broad SMARTS) is 1. The Morgan fingerprint density at radius 1 is 1.47 bits per heavy atom. The van der Waals surface area contributed by atoms with E-state index in [1.807, 2.05) is 0 Å². The zero-order valence-corrected chi connectivity index (χ0v) is 11.6. The largest absolute Gasteiger partial charge is 0.481 e. The Kier molecular flexibility index (Phi) is 4.04. The van der Waals surface area contributed by atoms with Crippen molar-refractivity contribution in [3.8, 4) is 0 Å². The van der Waals surface area contributed by atoms with Gasteiger partial charge in [-0.05, 0) is 34.8 Å². The normalized spacial score (nSPS) is 22.2. The molecule has 102 valence electrons. The second kappa shape index (κ2) is 5.56. The molecule has 19 heavy (non-hydrogen) atoms. The smallest absolute Gasteiger partial charge is 0.308 e. The summed E-state index contributed by atoms with van der Waals surface area (Å²) in [7, 11) is 0. The number of anilines is 1. The molecule has 1 aromatic rings. The van der Waals surface area contributed by atoms with Gasteiger partial charge in [-0.1, -0.05) is 6.42 Å². The third-order valence-electron chi connectivity index (χ3n) is 3.34. The van der Waals surface area contributed by atoms with E-state index >= 15 is 0 Å². The lowest BCUT2D eigenvalue weighted by molar-refractivity contribution is -0.384. The zero-order valence-electron chi connectivity index (χ0n) is 10.0. The van der Waals surface area contributed by atoms with Gasteiger partial charge in [0, 0.05) is 28.3 Å². The highest BCUT2D eigenvalue weighted by Crippen LogP contribution is 2.33. The molecule has 0 radical (unpaired) electrons. The number of carboxylic acids is 1. The molecule has 0 saturated heterocycles. The van der Waals surface area contributed by atoms with E-state index in [0.29, 0.717) is 16.6 Å². The number of benzene rings is 1. The van der Waals surface area contributed by atoms with Crippen LogP contribution in [0.15, 0.2) is 22.7 Å². The Bertz CT molecular complexity index is 520. The number of hydrogen-bond donors (Lipinski definition) is 2. The highest BCUT2D eigenvalue weighted by atomic mass is 79.9. The monoisotopic (exact) mass is 328 g/mol. The molecule has 0 spiro atoms. The highest BCUT2D eigenvalue weighted by Gasteiger charge is 2.33. The van der Waals surface area contributed by atoms with Gasteiger partial charge >= 0.3 is 5.97 Å². The number of nitrogens with zero attached hydrogens (tertiary/aromatic N) is 1. The van der Waals surface area contributed by atoms with Gasteiger partial charge in [0.05, 0.1) is 10.8 Å². The lowest BCUT2D eigenvalue weighted by Crippen LogP contribution is -2.29. The van der Waals surface area contributed by atoms with Crippen LogP contribution in [0.3, 0.4) is 0 Å². The Morgan fingerprint density at radius 2 is 2.21 bits per heavy atom. The minimum atomic E-state index is -0.798. The van der Waals surface area contributed by atoms with Gasteiger partial charge in [-0.3, -0.25) is 14.9 Å². The molecular formula is C12H13BrN2O4. The maximum absolute atomic E-state index is 11.1. The summed E-state index contributed by atoms with van der Waals surface area (Å²) in [5.41, 5.74) is 0.683. The van der Waals surface area contributed by atoms with Crippen molar-refractivity contribution in [1.82, 2.24) is 0 Å². The topological polar surface area (TPSA) is 92.5 Å². The predicted octanol–water partition coefficient (Wildman–Crippen LogP) is 3.02. The van der Waals surface area contributed by atoms with Crippen LogP contribution in [0.5, 0.6) is 0 Å². The SMILES string of the molecule is O=C(O)C1CCCC1Nc1ccc([N+](=O)[O-])cc1Br. The molecule has 6 nitrogen and oxygen atoms in total. The van der Waals surface area contributed by atoms with Crippen molar-refractivity contribution >= 4 is 33.3 Å². The van der Waals surface area contributed by atoms with Crippen molar-refractivity contribution in [2.24, 2.45) is 5.92 Å². The fourth-order valence-electron chi connectivity index (χ4n) is 2.36. The first-order chi connectivity index (χ1) is 8.99. The summed E-state index contributed by atoms with van der Waals surface area (Å²) in [6.45, 7) is 0. The number of carbonyl (C=O) groups is 1. The molecule has 7 heteroatoms. The summed E-state index contributed by atoms with van der Waals surface area (Å²) >= 11 is 3.27. The second-order valence-electron chi connectivity index (χ2n) is 4.55. The van der Waals surface area contributed by atoms with Crippen LogP contribution in [-0.4, -0.2) is 22.0 Å². The van der Waals surface area contributed by atoms with E-state index in [0.717, 1.165) is 12.8 Å². The average Bonchev–Trinajstić information content (AvgIpc) is 2.79. The van der Waals surface area contributed by atoms with Gasteiger partial charge in [-0.2, -0.15) is 0 Å². The molecule has 0 aliphatic heterocycles. The first-order valence-corrected chi connectivity index (χ1v) is 6.71. The van der Waals surface area contributed by atoms with Gasteiger partial charge in [0.1, 0.15) is 0 Å². The Morgan fingerprint density at radius 3 is 2.79 bits per heavy atom. The van der Waals surface area contributed by atoms with E-state index in [-0.39, 0.29) is 11.7 Å². The van der Waals surface area contributed by atoms with Crippen molar-refractivity contribution in [2.75, 3.05) is 5.32 Å². The third-order valence-corrected chi connectivity index (χ3v) is 3.99. The van der Waals surface area contributed by atoms with Crippen molar-refractivity contribution in [3.05, 3.63) is 32.8 Å². The molecule has 1 aliphatic carbocycles. The first kappa shape index (κ1) is 13.8. The van der Waals surface area contributed by atoms with E-state index in [1.165, 1.54) is 12.1 Å². The average molecular weight is 329 g/mol. The zero-order chi connectivity index (χ0) is 14.0. The van der Waals surface area contributed by atoms with Gasteiger partial charge in [0.25, 0.3) is 5.69 Å². The quantitative estimate of drug-likeness (QED) is 0.654. The minimum Gasteiger partial charge on any atom is -0.481 e. The van der Waals surface area contributed by atoms with Gasteiger partial charge in [-0.25, -0.2) is 0 Å². The number of rotatable bonds is 4. The van der Waals surface area contributed by atoms with E-state index in [1.54, 1.807) is 6.07 Å². The summed E-state index contributed by atoms with van der Waals surface area (Å²) in [6, 6.07) is 4.28. The van der Waals surface area contributed by atoms with Gasteiger partial charge in [0.15, 0.2) is 0 Å². The molecule has 2 rings (SSSR count). The van der Waals surface area contributed by atoms with Crippen LogP contribution in [0.25, 0.3) is 0 Å². The number of nitro benzene ring substituents is 1. The summed E-state index contributed by atoms with van der Waals surface area (Å²) < 4.78 is 0.567. The number of aliphatic carboxylic acids is 1. The summed E-state index contributed by atoms with van der Waals surface area (Å²) in [6.07, 6.45) is 2.33.